The van der Waals surface area contributed by atoms with E-state index < -0.39 is 17.6 Å². The van der Waals surface area contributed by atoms with Crippen molar-refractivity contribution in [2.24, 2.45) is 5.92 Å². The van der Waals surface area contributed by atoms with Gasteiger partial charge in [-0.3, -0.25) is 14.5 Å². The van der Waals surface area contributed by atoms with E-state index in [-0.39, 0.29) is 29.1 Å². The minimum Gasteiger partial charge on any atom is -0.378 e. The second-order valence-electron chi connectivity index (χ2n) is 7.23. The molecular formula is C19H23ClF3N3O3. The van der Waals surface area contributed by atoms with Crippen LogP contribution in [0.5, 0.6) is 0 Å². The summed E-state index contributed by atoms with van der Waals surface area (Å²) in [5.74, 6) is -0.373. The lowest BCUT2D eigenvalue weighted by Gasteiger charge is -2.35. The van der Waals surface area contributed by atoms with Crippen molar-refractivity contribution in [2.45, 2.75) is 19.0 Å². The quantitative estimate of drug-likeness (QED) is 0.793. The van der Waals surface area contributed by atoms with Gasteiger partial charge in [-0.15, -0.1) is 0 Å². The fourth-order valence-corrected chi connectivity index (χ4v) is 3.73. The second-order valence-corrected chi connectivity index (χ2v) is 7.64. The predicted octanol–water partition coefficient (Wildman–Crippen LogP) is 2.87. The van der Waals surface area contributed by atoms with Crippen LogP contribution in [0.25, 0.3) is 0 Å². The van der Waals surface area contributed by atoms with E-state index in [1.807, 2.05) is 9.80 Å². The molecule has 6 nitrogen and oxygen atoms in total. The number of hydrogen-bond acceptors (Lipinski definition) is 4. The summed E-state index contributed by atoms with van der Waals surface area (Å²) in [6.45, 7) is 3.52. The summed E-state index contributed by atoms with van der Waals surface area (Å²) in [6, 6.07) is 2.81. The molecule has 160 valence electrons. The third kappa shape index (κ3) is 5.83. The molecule has 0 unspecified atom stereocenters. The standard InChI is InChI=1S/C19H23ClF3N3O3/c20-15-2-1-14(19(21,22)23)11-16(15)24-17(27)12-25-5-3-13(4-6-25)18(28)26-7-9-29-10-8-26/h1-2,11,13H,3-10,12H2,(H,24,27). The molecule has 2 saturated heterocycles. The van der Waals surface area contributed by atoms with Crippen LogP contribution in [0.1, 0.15) is 18.4 Å². The number of ether oxygens (including phenoxy) is 1. The maximum Gasteiger partial charge on any atom is 0.416 e. The minimum absolute atomic E-state index is 0.0328. The highest BCUT2D eigenvalue weighted by molar-refractivity contribution is 6.33. The Morgan fingerprint density at radius 2 is 1.79 bits per heavy atom. The van der Waals surface area contributed by atoms with Gasteiger partial charge in [0, 0.05) is 19.0 Å². The lowest BCUT2D eigenvalue weighted by atomic mass is 9.95. The van der Waals surface area contributed by atoms with Gasteiger partial charge < -0.3 is 15.0 Å². The average Bonchev–Trinajstić information content (AvgIpc) is 2.69. The largest absolute Gasteiger partial charge is 0.416 e. The first-order valence-corrected chi connectivity index (χ1v) is 9.87. The summed E-state index contributed by atoms with van der Waals surface area (Å²) < 4.78 is 43.8. The van der Waals surface area contributed by atoms with Crippen molar-refractivity contribution in [3.05, 3.63) is 28.8 Å². The lowest BCUT2D eigenvalue weighted by molar-refractivity contribution is -0.141. The maximum atomic E-state index is 12.8. The monoisotopic (exact) mass is 433 g/mol. The van der Waals surface area contributed by atoms with Gasteiger partial charge >= 0.3 is 6.18 Å². The zero-order chi connectivity index (χ0) is 21.0. The zero-order valence-electron chi connectivity index (χ0n) is 15.8. The third-order valence-corrected chi connectivity index (χ3v) is 5.52. The summed E-state index contributed by atoms with van der Waals surface area (Å²) >= 11 is 5.91. The summed E-state index contributed by atoms with van der Waals surface area (Å²) in [4.78, 5) is 28.5. The molecule has 0 atom stereocenters. The number of alkyl halides is 3. The fourth-order valence-electron chi connectivity index (χ4n) is 3.57. The van der Waals surface area contributed by atoms with Gasteiger partial charge in [-0.25, -0.2) is 0 Å². The number of hydrogen-bond donors (Lipinski definition) is 1. The summed E-state index contributed by atoms with van der Waals surface area (Å²) in [6.07, 6.45) is -3.22. The number of amides is 2. The summed E-state index contributed by atoms with van der Waals surface area (Å²) in [7, 11) is 0. The van der Waals surface area contributed by atoms with Crippen LogP contribution in [0.3, 0.4) is 0 Å². The second kappa shape index (κ2) is 9.32. The highest BCUT2D eigenvalue weighted by Gasteiger charge is 2.32. The molecule has 1 aromatic carbocycles. The molecule has 2 fully saturated rings. The maximum absolute atomic E-state index is 12.8. The van der Waals surface area contributed by atoms with Crippen molar-refractivity contribution in [3.8, 4) is 0 Å². The molecule has 10 heteroatoms. The summed E-state index contributed by atoms with van der Waals surface area (Å²) in [5, 5.41) is 2.50. The number of halogens is 4. The lowest BCUT2D eigenvalue weighted by Crippen LogP contribution is -2.47. The van der Waals surface area contributed by atoms with E-state index in [0.717, 1.165) is 18.2 Å². The number of piperidine rings is 1. The van der Waals surface area contributed by atoms with Crippen molar-refractivity contribution in [1.82, 2.24) is 9.80 Å². The van der Waals surface area contributed by atoms with Crippen LogP contribution in [-0.2, 0) is 20.5 Å². The van der Waals surface area contributed by atoms with Gasteiger partial charge in [-0.1, -0.05) is 11.6 Å². The molecule has 0 bridgehead atoms. The van der Waals surface area contributed by atoms with Crippen molar-refractivity contribution in [3.63, 3.8) is 0 Å². The smallest absolute Gasteiger partial charge is 0.378 e. The number of anilines is 1. The molecule has 29 heavy (non-hydrogen) atoms. The van der Waals surface area contributed by atoms with E-state index in [1.165, 1.54) is 0 Å². The average molecular weight is 434 g/mol. The van der Waals surface area contributed by atoms with Crippen molar-refractivity contribution < 1.29 is 27.5 Å². The number of nitrogens with one attached hydrogen (secondary N) is 1. The van der Waals surface area contributed by atoms with Crippen LogP contribution in [0, 0.1) is 5.92 Å². The molecule has 0 aliphatic carbocycles. The Morgan fingerprint density at radius 1 is 1.14 bits per heavy atom. The Labute approximate surface area is 171 Å². The van der Waals surface area contributed by atoms with Crippen molar-refractivity contribution in [1.29, 1.82) is 0 Å². The zero-order valence-corrected chi connectivity index (χ0v) is 16.6. The molecule has 1 N–H and O–H groups in total. The first kappa shape index (κ1) is 21.9. The summed E-state index contributed by atoms with van der Waals surface area (Å²) in [5.41, 5.74) is -0.941. The van der Waals surface area contributed by atoms with Crippen LogP contribution in [0.4, 0.5) is 18.9 Å². The van der Waals surface area contributed by atoms with Gasteiger partial charge in [0.05, 0.1) is 36.0 Å². The molecular weight excluding hydrogens is 411 g/mol. The number of morpholine rings is 1. The third-order valence-electron chi connectivity index (χ3n) is 5.19. The Kier molecular flexibility index (Phi) is 7.02. The van der Waals surface area contributed by atoms with E-state index >= 15 is 0 Å². The molecule has 2 aliphatic rings. The predicted molar refractivity (Wildman–Crippen MR) is 102 cm³/mol. The normalized spacial score (nSPS) is 19.2. The van der Waals surface area contributed by atoms with Crippen LogP contribution in [-0.4, -0.2) is 67.6 Å². The van der Waals surface area contributed by atoms with E-state index in [0.29, 0.717) is 52.2 Å². The Bertz CT molecular complexity index is 746. The molecule has 2 aliphatic heterocycles. The number of likely N-dealkylation sites (tertiary alicyclic amines) is 1. The molecule has 0 aromatic heterocycles. The number of rotatable bonds is 4. The minimum atomic E-state index is -4.51. The van der Waals surface area contributed by atoms with Gasteiger partial charge in [0.15, 0.2) is 0 Å². The number of carbonyl (C=O) groups excluding carboxylic acids is 2. The van der Waals surface area contributed by atoms with Gasteiger partial charge in [-0.05, 0) is 44.1 Å². The fraction of sp³-hybridized carbons (Fsp3) is 0.579. The highest BCUT2D eigenvalue weighted by atomic mass is 35.5. The van der Waals surface area contributed by atoms with E-state index in [4.69, 9.17) is 16.3 Å². The molecule has 0 radical (unpaired) electrons. The SMILES string of the molecule is O=C(CN1CCC(C(=O)N2CCOCC2)CC1)Nc1cc(C(F)(F)F)ccc1Cl. The van der Waals surface area contributed by atoms with E-state index in [2.05, 4.69) is 5.32 Å². The van der Waals surface area contributed by atoms with Crippen LogP contribution in [0.15, 0.2) is 18.2 Å². The number of carbonyl (C=O) groups is 2. The van der Waals surface area contributed by atoms with Gasteiger partial charge in [-0.2, -0.15) is 13.2 Å². The van der Waals surface area contributed by atoms with Gasteiger partial charge in [0.25, 0.3) is 0 Å². The molecule has 3 rings (SSSR count). The number of nitrogens with zero attached hydrogens (tertiary/aromatic N) is 2. The Hall–Kier alpha value is -1.84. The Balaban J connectivity index is 1.49. The van der Waals surface area contributed by atoms with Crippen LogP contribution in [0.2, 0.25) is 5.02 Å². The first-order valence-electron chi connectivity index (χ1n) is 9.49. The van der Waals surface area contributed by atoms with E-state index in [1.54, 1.807) is 0 Å². The van der Waals surface area contributed by atoms with Crippen molar-refractivity contribution >= 4 is 29.1 Å². The number of benzene rings is 1. The topological polar surface area (TPSA) is 61.9 Å². The Morgan fingerprint density at radius 3 is 2.41 bits per heavy atom. The molecule has 2 heterocycles. The van der Waals surface area contributed by atoms with Crippen molar-refractivity contribution in [2.75, 3.05) is 51.3 Å². The van der Waals surface area contributed by atoms with Crippen LogP contribution >= 0.6 is 11.6 Å². The molecule has 1 aromatic rings. The molecule has 0 saturated carbocycles. The highest BCUT2D eigenvalue weighted by Crippen LogP contribution is 2.33. The van der Waals surface area contributed by atoms with Crippen LogP contribution < -0.4 is 5.32 Å². The van der Waals surface area contributed by atoms with Gasteiger partial charge in [0.2, 0.25) is 11.8 Å². The first-order chi connectivity index (χ1) is 13.7. The van der Waals surface area contributed by atoms with Gasteiger partial charge in [0.1, 0.15) is 0 Å². The molecule has 2 amide bonds. The van der Waals surface area contributed by atoms with E-state index in [9.17, 15) is 22.8 Å². The molecule has 0 spiro atoms.